The van der Waals surface area contributed by atoms with Crippen molar-refractivity contribution < 1.29 is 14.3 Å². The lowest BCUT2D eigenvalue weighted by atomic mass is 9.99. The Hall–Kier alpha value is -4.10. The van der Waals surface area contributed by atoms with E-state index in [-0.39, 0.29) is 5.57 Å². The largest absolute Gasteiger partial charge is 0.477 e. The molecule has 0 aliphatic rings. The fraction of sp³-hybridized carbons (Fsp3) is 0.0769. The summed E-state index contributed by atoms with van der Waals surface area (Å²) in [7, 11) is 0. The average Bonchev–Trinajstić information content (AvgIpc) is 3.17. The Morgan fingerprint density at radius 2 is 1.60 bits per heavy atom. The van der Waals surface area contributed by atoms with Crippen LogP contribution in [0.3, 0.4) is 0 Å². The third-order valence-electron chi connectivity index (χ3n) is 5.22. The molecule has 146 valence electrons. The first kappa shape index (κ1) is 19.2. The average molecular weight is 393 g/mol. The Kier molecular flexibility index (Phi) is 4.95. The van der Waals surface area contributed by atoms with Crippen molar-refractivity contribution in [3.63, 3.8) is 0 Å². The Bertz CT molecular complexity index is 1340. The van der Waals surface area contributed by atoms with Crippen molar-refractivity contribution in [2.45, 2.75) is 13.8 Å². The van der Waals surface area contributed by atoms with Gasteiger partial charge in [-0.25, -0.2) is 4.79 Å². The summed E-state index contributed by atoms with van der Waals surface area (Å²) in [5, 5.41) is 18.9. The maximum Gasteiger partial charge on any atom is 0.346 e. The first-order chi connectivity index (χ1) is 14.4. The molecule has 0 aliphatic carbocycles. The van der Waals surface area contributed by atoms with Gasteiger partial charge < -0.3 is 9.52 Å². The second kappa shape index (κ2) is 7.73. The first-order valence-electron chi connectivity index (χ1n) is 9.51. The van der Waals surface area contributed by atoms with Crippen LogP contribution in [0.4, 0.5) is 0 Å². The second-order valence-corrected chi connectivity index (χ2v) is 7.26. The summed E-state index contributed by atoms with van der Waals surface area (Å²) in [6.45, 7) is 4.22. The molecule has 1 aromatic heterocycles. The molecular weight excluding hydrogens is 374 g/mol. The van der Waals surface area contributed by atoms with Crippen LogP contribution < -0.4 is 0 Å². The molecule has 3 aromatic carbocycles. The number of aliphatic carboxylic acids is 1. The van der Waals surface area contributed by atoms with E-state index in [0.29, 0.717) is 11.1 Å². The lowest BCUT2D eigenvalue weighted by Crippen LogP contribution is -1.97. The van der Waals surface area contributed by atoms with E-state index < -0.39 is 5.97 Å². The summed E-state index contributed by atoms with van der Waals surface area (Å²) in [5.74, 6) is -0.516. The third-order valence-corrected chi connectivity index (χ3v) is 5.22. The van der Waals surface area contributed by atoms with Crippen LogP contribution in [0.5, 0.6) is 0 Å². The van der Waals surface area contributed by atoms with E-state index in [9.17, 15) is 4.79 Å². The summed E-state index contributed by atoms with van der Waals surface area (Å²) in [6.07, 6.45) is 1.34. The zero-order chi connectivity index (χ0) is 21.3. The number of hydrogen-bond acceptors (Lipinski definition) is 3. The SMILES string of the molecule is Cc1ccc(-c2ccc(-c3cc4ccc(C=C(C#N)C(=O)O)cc4o3)cc2)cc1C. The van der Waals surface area contributed by atoms with Gasteiger partial charge in [-0.3, -0.25) is 0 Å². The Balaban J connectivity index is 1.65. The fourth-order valence-electron chi connectivity index (χ4n) is 3.34. The number of nitriles is 1. The standard InChI is InChI=1S/C26H19NO3/c1-16-3-5-21(11-17(16)2)19-7-9-20(10-8-19)25-14-22-6-4-18(13-24(22)30-25)12-23(15-27)26(28)29/h3-14H,1-2H3,(H,28,29). The highest BCUT2D eigenvalue weighted by Crippen LogP contribution is 2.31. The third kappa shape index (κ3) is 3.74. The number of aryl methyl sites for hydroxylation is 2. The van der Waals surface area contributed by atoms with Crippen LogP contribution in [0.25, 0.3) is 39.5 Å². The van der Waals surface area contributed by atoms with E-state index in [1.54, 1.807) is 18.2 Å². The van der Waals surface area contributed by atoms with Gasteiger partial charge in [0.15, 0.2) is 0 Å². The molecule has 0 spiro atoms. The number of furan rings is 1. The van der Waals surface area contributed by atoms with E-state index in [4.69, 9.17) is 14.8 Å². The molecule has 1 heterocycles. The highest BCUT2D eigenvalue weighted by Gasteiger charge is 2.10. The molecule has 4 aromatic rings. The van der Waals surface area contributed by atoms with E-state index in [2.05, 4.69) is 44.2 Å². The Labute approximate surface area is 174 Å². The van der Waals surface area contributed by atoms with Crippen molar-refractivity contribution in [2.24, 2.45) is 0 Å². The van der Waals surface area contributed by atoms with Gasteiger partial charge in [0, 0.05) is 10.9 Å². The number of carbonyl (C=O) groups is 1. The molecule has 0 radical (unpaired) electrons. The van der Waals surface area contributed by atoms with Gasteiger partial charge in [-0.2, -0.15) is 5.26 Å². The molecular formula is C26H19NO3. The first-order valence-corrected chi connectivity index (χ1v) is 9.51. The van der Waals surface area contributed by atoms with Crippen molar-refractivity contribution in [3.05, 3.63) is 89.0 Å². The van der Waals surface area contributed by atoms with Gasteiger partial charge in [-0.15, -0.1) is 0 Å². The Morgan fingerprint density at radius 3 is 2.27 bits per heavy atom. The van der Waals surface area contributed by atoms with E-state index >= 15 is 0 Å². The number of carboxylic acids is 1. The van der Waals surface area contributed by atoms with Gasteiger partial charge in [-0.05, 0) is 59.9 Å². The maximum atomic E-state index is 11.0. The van der Waals surface area contributed by atoms with Gasteiger partial charge in [-0.1, -0.05) is 54.6 Å². The molecule has 1 N–H and O–H groups in total. The monoisotopic (exact) mass is 393 g/mol. The summed E-state index contributed by atoms with van der Waals surface area (Å²) in [5.41, 5.74) is 6.74. The summed E-state index contributed by atoms with van der Waals surface area (Å²) < 4.78 is 5.99. The molecule has 0 atom stereocenters. The van der Waals surface area contributed by atoms with E-state index in [0.717, 1.165) is 22.3 Å². The number of fused-ring (bicyclic) bond motifs is 1. The van der Waals surface area contributed by atoms with Gasteiger partial charge in [0.05, 0.1) is 0 Å². The van der Waals surface area contributed by atoms with Crippen LogP contribution in [0.2, 0.25) is 0 Å². The van der Waals surface area contributed by atoms with E-state index in [1.165, 1.54) is 22.8 Å². The smallest absolute Gasteiger partial charge is 0.346 e. The van der Waals surface area contributed by atoms with Crippen molar-refractivity contribution in [2.75, 3.05) is 0 Å². The molecule has 0 fully saturated rings. The molecule has 0 bridgehead atoms. The number of hydrogen-bond donors (Lipinski definition) is 1. The summed E-state index contributed by atoms with van der Waals surface area (Å²) in [6, 6.07) is 23.7. The normalized spacial score (nSPS) is 11.4. The minimum absolute atomic E-state index is 0.317. The molecule has 0 unspecified atom stereocenters. The zero-order valence-electron chi connectivity index (χ0n) is 16.6. The van der Waals surface area contributed by atoms with Crippen LogP contribution in [-0.2, 0) is 4.79 Å². The van der Waals surface area contributed by atoms with Crippen molar-refractivity contribution >= 4 is 23.0 Å². The molecule has 0 amide bonds. The fourth-order valence-corrected chi connectivity index (χ4v) is 3.34. The topological polar surface area (TPSA) is 74.2 Å². The number of rotatable bonds is 4. The van der Waals surface area contributed by atoms with Gasteiger partial charge in [0.2, 0.25) is 0 Å². The predicted molar refractivity (Wildman–Crippen MR) is 118 cm³/mol. The lowest BCUT2D eigenvalue weighted by molar-refractivity contribution is -0.132. The van der Waals surface area contributed by atoms with E-state index in [1.807, 2.05) is 24.3 Å². The summed E-state index contributed by atoms with van der Waals surface area (Å²) in [4.78, 5) is 11.0. The van der Waals surface area contributed by atoms with Crippen LogP contribution in [0.15, 0.2) is 76.7 Å². The van der Waals surface area contributed by atoms with Crippen LogP contribution in [0.1, 0.15) is 16.7 Å². The highest BCUT2D eigenvalue weighted by molar-refractivity contribution is 5.97. The molecule has 4 heteroatoms. The molecule has 30 heavy (non-hydrogen) atoms. The molecule has 4 rings (SSSR count). The minimum atomic E-state index is -1.25. The summed E-state index contributed by atoms with van der Waals surface area (Å²) >= 11 is 0. The van der Waals surface area contributed by atoms with Crippen molar-refractivity contribution in [1.29, 1.82) is 5.26 Å². The quantitative estimate of drug-likeness (QED) is 0.323. The van der Waals surface area contributed by atoms with Crippen LogP contribution in [0, 0.1) is 25.2 Å². The highest BCUT2D eigenvalue weighted by atomic mass is 16.4. The number of nitrogens with zero attached hydrogens (tertiary/aromatic N) is 1. The van der Waals surface area contributed by atoms with Crippen LogP contribution >= 0.6 is 0 Å². The Morgan fingerprint density at radius 1 is 0.900 bits per heavy atom. The van der Waals surface area contributed by atoms with Crippen LogP contribution in [-0.4, -0.2) is 11.1 Å². The molecule has 0 saturated carbocycles. The van der Waals surface area contributed by atoms with Crippen molar-refractivity contribution in [3.8, 4) is 28.5 Å². The zero-order valence-corrected chi connectivity index (χ0v) is 16.6. The molecule has 0 aliphatic heterocycles. The van der Waals surface area contributed by atoms with Gasteiger partial charge in [0.1, 0.15) is 23.0 Å². The maximum absolute atomic E-state index is 11.0. The molecule has 0 saturated heterocycles. The number of carboxylic acid groups (broad SMARTS) is 1. The molecule has 4 nitrogen and oxygen atoms in total. The lowest BCUT2D eigenvalue weighted by Gasteiger charge is -2.06. The van der Waals surface area contributed by atoms with Gasteiger partial charge in [0.25, 0.3) is 0 Å². The number of benzene rings is 3. The minimum Gasteiger partial charge on any atom is -0.477 e. The second-order valence-electron chi connectivity index (χ2n) is 7.26. The van der Waals surface area contributed by atoms with Crippen molar-refractivity contribution in [1.82, 2.24) is 0 Å². The predicted octanol–water partition coefficient (Wildman–Crippen LogP) is 6.38. The van der Waals surface area contributed by atoms with Gasteiger partial charge >= 0.3 is 5.97 Å².